The lowest BCUT2D eigenvalue weighted by atomic mass is 10.1. The van der Waals surface area contributed by atoms with Gasteiger partial charge in [-0.2, -0.15) is 5.10 Å². The average Bonchev–Trinajstić information content (AvgIpc) is 2.29. The van der Waals surface area contributed by atoms with Crippen molar-refractivity contribution in [1.29, 1.82) is 0 Å². The first-order chi connectivity index (χ1) is 8.79. The average molecular weight is 282 g/mol. The van der Waals surface area contributed by atoms with Crippen LogP contribution in [-0.4, -0.2) is 23.6 Å². The standard InChI is InChI=1S/C13H16ClN3O2/c1-13(2,3)16-11(18)12(19)17-15-8-9-6-4-5-7-10(9)14/h4-8H,1-3H3,(H,16,18)(H,17,19). The third kappa shape index (κ3) is 5.52. The fraction of sp³-hybridized carbons (Fsp3) is 0.308. The summed E-state index contributed by atoms with van der Waals surface area (Å²) in [6.07, 6.45) is 1.38. The molecule has 5 nitrogen and oxygen atoms in total. The van der Waals surface area contributed by atoms with Crippen molar-refractivity contribution in [3.8, 4) is 0 Å². The maximum absolute atomic E-state index is 11.4. The van der Waals surface area contributed by atoms with Crippen LogP contribution in [0, 0.1) is 0 Å². The highest BCUT2D eigenvalue weighted by Gasteiger charge is 2.19. The number of hydrazone groups is 1. The lowest BCUT2D eigenvalue weighted by Gasteiger charge is -2.19. The molecular formula is C13H16ClN3O2. The van der Waals surface area contributed by atoms with Crippen LogP contribution >= 0.6 is 11.6 Å². The largest absolute Gasteiger partial charge is 0.343 e. The second kappa shape index (κ2) is 6.33. The minimum absolute atomic E-state index is 0.471. The molecule has 0 spiro atoms. The van der Waals surface area contributed by atoms with Crippen LogP contribution in [0.5, 0.6) is 0 Å². The van der Waals surface area contributed by atoms with E-state index in [1.165, 1.54) is 6.21 Å². The molecule has 1 aromatic rings. The Morgan fingerprint density at radius 2 is 1.84 bits per heavy atom. The number of amides is 2. The van der Waals surface area contributed by atoms with Crippen LogP contribution in [0.2, 0.25) is 5.02 Å². The highest BCUT2D eigenvalue weighted by molar-refractivity contribution is 6.35. The van der Waals surface area contributed by atoms with Crippen molar-refractivity contribution >= 4 is 29.6 Å². The third-order valence-electron chi connectivity index (χ3n) is 1.97. The molecule has 1 aromatic carbocycles. The summed E-state index contributed by atoms with van der Waals surface area (Å²) in [6, 6.07) is 7.03. The first-order valence-corrected chi connectivity index (χ1v) is 6.07. The zero-order chi connectivity index (χ0) is 14.5. The summed E-state index contributed by atoms with van der Waals surface area (Å²) < 4.78 is 0. The second-order valence-corrected chi connectivity index (χ2v) is 5.33. The Balaban J connectivity index is 2.55. The van der Waals surface area contributed by atoms with Gasteiger partial charge in [0.2, 0.25) is 0 Å². The van der Waals surface area contributed by atoms with E-state index >= 15 is 0 Å². The Labute approximate surface area is 117 Å². The molecule has 6 heteroatoms. The van der Waals surface area contributed by atoms with Crippen molar-refractivity contribution in [2.75, 3.05) is 0 Å². The van der Waals surface area contributed by atoms with Crippen LogP contribution in [0.15, 0.2) is 29.4 Å². The SMILES string of the molecule is CC(C)(C)NC(=O)C(=O)NN=Cc1ccccc1Cl. The Morgan fingerprint density at radius 3 is 2.42 bits per heavy atom. The highest BCUT2D eigenvalue weighted by Crippen LogP contribution is 2.11. The van der Waals surface area contributed by atoms with E-state index in [1.54, 1.807) is 45.0 Å². The Morgan fingerprint density at radius 1 is 1.21 bits per heavy atom. The molecule has 0 aliphatic heterocycles. The number of hydrogen-bond donors (Lipinski definition) is 2. The van der Waals surface area contributed by atoms with Crippen molar-refractivity contribution < 1.29 is 9.59 Å². The van der Waals surface area contributed by atoms with Gasteiger partial charge in [-0.15, -0.1) is 0 Å². The van der Waals surface area contributed by atoms with Crippen molar-refractivity contribution in [2.45, 2.75) is 26.3 Å². The van der Waals surface area contributed by atoms with Crippen LogP contribution in [0.3, 0.4) is 0 Å². The first-order valence-electron chi connectivity index (χ1n) is 5.70. The molecule has 0 aliphatic rings. The number of rotatable bonds is 2. The van der Waals surface area contributed by atoms with Crippen molar-refractivity contribution in [3.63, 3.8) is 0 Å². The Bertz CT molecular complexity index is 507. The van der Waals surface area contributed by atoms with Gasteiger partial charge in [-0.3, -0.25) is 9.59 Å². The zero-order valence-corrected chi connectivity index (χ0v) is 11.8. The molecule has 0 saturated heterocycles. The molecule has 19 heavy (non-hydrogen) atoms. The van der Waals surface area contributed by atoms with Gasteiger partial charge in [0.15, 0.2) is 0 Å². The molecule has 0 aromatic heterocycles. The van der Waals surface area contributed by atoms with Gasteiger partial charge in [0.25, 0.3) is 0 Å². The number of hydrogen-bond acceptors (Lipinski definition) is 3. The maximum atomic E-state index is 11.4. The van der Waals surface area contributed by atoms with E-state index in [2.05, 4.69) is 15.8 Å². The molecule has 0 aliphatic carbocycles. The lowest BCUT2D eigenvalue weighted by molar-refractivity contribution is -0.140. The van der Waals surface area contributed by atoms with Crippen molar-refractivity contribution in [1.82, 2.24) is 10.7 Å². The number of nitrogens with one attached hydrogen (secondary N) is 2. The maximum Gasteiger partial charge on any atom is 0.329 e. The zero-order valence-electron chi connectivity index (χ0n) is 11.0. The van der Waals surface area contributed by atoms with Crippen LogP contribution in [0.4, 0.5) is 0 Å². The lowest BCUT2D eigenvalue weighted by Crippen LogP contribution is -2.47. The fourth-order valence-electron chi connectivity index (χ4n) is 1.19. The molecule has 0 fully saturated rings. The van der Waals surface area contributed by atoms with Crippen molar-refractivity contribution in [2.24, 2.45) is 5.10 Å². The quantitative estimate of drug-likeness (QED) is 0.492. The van der Waals surface area contributed by atoms with Gasteiger partial charge in [0, 0.05) is 16.1 Å². The van der Waals surface area contributed by atoms with Crippen LogP contribution in [-0.2, 0) is 9.59 Å². The summed E-state index contributed by atoms with van der Waals surface area (Å²) in [4.78, 5) is 22.9. The van der Waals surface area contributed by atoms with Crippen LogP contribution < -0.4 is 10.7 Å². The van der Waals surface area contributed by atoms with E-state index in [9.17, 15) is 9.59 Å². The van der Waals surface area contributed by atoms with Crippen molar-refractivity contribution in [3.05, 3.63) is 34.9 Å². The first kappa shape index (κ1) is 15.2. The van der Waals surface area contributed by atoms with Crippen LogP contribution in [0.1, 0.15) is 26.3 Å². The number of halogens is 1. The number of carbonyl (C=O) groups excluding carboxylic acids is 2. The third-order valence-corrected chi connectivity index (χ3v) is 2.31. The normalized spacial score (nSPS) is 11.4. The molecule has 102 valence electrons. The topological polar surface area (TPSA) is 70.6 Å². The van der Waals surface area contributed by atoms with Gasteiger partial charge >= 0.3 is 11.8 Å². The molecule has 0 unspecified atom stereocenters. The molecule has 2 amide bonds. The number of benzene rings is 1. The summed E-state index contributed by atoms with van der Waals surface area (Å²) >= 11 is 5.91. The second-order valence-electron chi connectivity index (χ2n) is 4.92. The summed E-state index contributed by atoms with van der Waals surface area (Å²) in [5.74, 6) is -1.55. The molecule has 1 rings (SSSR count). The Hall–Kier alpha value is -1.88. The predicted molar refractivity (Wildman–Crippen MR) is 75.1 cm³/mol. The molecule has 0 atom stereocenters. The van der Waals surface area contributed by atoms with Gasteiger partial charge in [-0.1, -0.05) is 29.8 Å². The molecule has 0 bridgehead atoms. The van der Waals surface area contributed by atoms with E-state index in [1.807, 2.05) is 0 Å². The van der Waals surface area contributed by atoms with Gasteiger partial charge in [-0.05, 0) is 26.8 Å². The van der Waals surface area contributed by atoms with Gasteiger partial charge in [0.1, 0.15) is 0 Å². The van der Waals surface area contributed by atoms with Gasteiger partial charge in [-0.25, -0.2) is 5.43 Å². The minimum atomic E-state index is -0.821. The Kier molecular flexibility index (Phi) is 5.06. The molecule has 0 saturated carbocycles. The van der Waals surface area contributed by atoms with E-state index < -0.39 is 17.4 Å². The molecule has 0 radical (unpaired) electrons. The van der Waals surface area contributed by atoms with Gasteiger partial charge < -0.3 is 5.32 Å². The minimum Gasteiger partial charge on any atom is -0.343 e. The van der Waals surface area contributed by atoms with E-state index in [0.717, 1.165) is 0 Å². The molecule has 0 heterocycles. The summed E-state index contributed by atoms with van der Waals surface area (Å²) in [6.45, 7) is 5.35. The monoisotopic (exact) mass is 281 g/mol. The number of carbonyl (C=O) groups is 2. The molecule has 2 N–H and O–H groups in total. The van der Waals surface area contributed by atoms with E-state index in [4.69, 9.17) is 11.6 Å². The van der Waals surface area contributed by atoms with Crippen LogP contribution in [0.25, 0.3) is 0 Å². The predicted octanol–water partition coefficient (Wildman–Crippen LogP) is 1.70. The molecular weight excluding hydrogens is 266 g/mol. The van der Waals surface area contributed by atoms with E-state index in [0.29, 0.717) is 10.6 Å². The fourth-order valence-corrected chi connectivity index (χ4v) is 1.37. The highest BCUT2D eigenvalue weighted by atomic mass is 35.5. The summed E-state index contributed by atoms with van der Waals surface area (Å²) in [7, 11) is 0. The smallest absolute Gasteiger partial charge is 0.329 e. The summed E-state index contributed by atoms with van der Waals surface area (Å²) in [5, 5.41) is 6.73. The van der Waals surface area contributed by atoms with Gasteiger partial charge in [0.05, 0.1) is 6.21 Å². The van der Waals surface area contributed by atoms with E-state index in [-0.39, 0.29) is 0 Å². The summed E-state index contributed by atoms with van der Waals surface area (Å²) in [5.41, 5.74) is 2.32. The number of nitrogens with zero attached hydrogens (tertiary/aromatic N) is 1.